The van der Waals surface area contributed by atoms with Crippen molar-refractivity contribution in [2.75, 3.05) is 0 Å². The van der Waals surface area contributed by atoms with E-state index >= 15 is 0 Å². The molecule has 2 aromatic rings. The quantitative estimate of drug-likeness (QED) is 0.786. The van der Waals surface area contributed by atoms with Crippen LogP contribution in [0.1, 0.15) is 10.4 Å². The van der Waals surface area contributed by atoms with E-state index in [0.29, 0.717) is 11.4 Å². The lowest BCUT2D eigenvalue weighted by Crippen LogP contribution is -2.00. The number of aromatic carboxylic acids is 1. The van der Waals surface area contributed by atoms with Gasteiger partial charge in [-0.1, -0.05) is 4.49 Å². The van der Waals surface area contributed by atoms with Gasteiger partial charge in [-0.3, -0.25) is 4.68 Å². The third-order valence-electron chi connectivity index (χ3n) is 1.77. The van der Waals surface area contributed by atoms with Crippen LogP contribution in [0.2, 0.25) is 0 Å². The Morgan fingerprint density at radius 2 is 2.43 bits per heavy atom. The smallest absolute Gasteiger partial charge is 0.339 e. The Bertz CT molecular complexity index is 462. The molecule has 0 radical (unpaired) electrons. The van der Waals surface area contributed by atoms with Gasteiger partial charge < -0.3 is 5.11 Å². The molecular weight excluding hydrogens is 204 g/mol. The summed E-state index contributed by atoms with van der Waals surface area (Å²) < 4.78 is 5.15. The van der Waals surface area contributed by atoms with Crippen molar-refractivity contribution in [2.45, 2.75) is 0 Å². The molecule has 0 amide bonds. The summed E-state index contributed by atoms with van der Waals surface area (Å²) in [6, 6.07) is 0. The Morgan fingerprint density at radius 1 is 1.64 bits per heavy atom. The molecule has 0 saturated heterocycles. The number of nitrogens with zero attached hydrogens (tertiary/aromatic N) is 4. The molecule has 7 heteroatoms. The number of hydrogen-bond acceptors (Lipinski definition) is 5. The predicted octanol–water partition coefficient (Wildman–Crippen LogP) is 0.637. The fourth-order valence-electron chi connectivity index (χ4n) is 1.17. The van der Waals surface area contributed by atoms with E-state index in [2.05, 4.69) is 14.7 Å². The van der Waals surface area contributed by atoms with E-state index in [1.165, 1.54) is 22.4 Å². The first kappa shape index (κ1) is 8.82. The van der Waals surface area contributed by atoms with E-state index in [9.17, 15) is 4.79 Å². The summed E-state index contributed by atoms with van der Waals surface area (Å²) in [4.78, 5) is 10.8. The zero-order valence-corrected chi connectivity index (χ0v) is 8.02. The van der Waals surface area contributed by atoms with Crippen LogP contribution in [0.5, 0.6) is 0 Å². The molecule has 0 unspecified atom stereocenters. The highest BCUT2D eigenvalue weighted by molar-refractivity contribution is 7.03. The SMILES string of the molecule is Cn1ncc(C(=O)O)c1-c1csnn1. The zero-order valence-electron chi connectivity index (χ0n) is 7.21. The lowest BCUT2D eigenvalue weighted by molar-refractivity contribution is 0.0697. The van der Waals surface area contributed by atoms with Crippen molar-refractivity contribution >= 4 is 17.5 Å². The predicted molar refractivity (Wildman–Crippen MR) is 49.1 cm³/mol. The number of aryl methyl sites for hydroxylation is 1. The average Bonchev–Trinajstić information content (AvgIpc) is 2.71. The zero-order chi connectivity index (χ0) is 10.1. The summed E-state index contributed by atoms with van der Waals surface area (Å²) in [5.41, 5.74) is 1.15. The van der Waals surface area contributed by atoms with Gasteiger partial charge in [0, 0.05) is 12.4 Å². The summed E-state index contributed by atoms with van der Waals surface area (Å²) in [6.45, 7) is 0. The van der Waals surface area contributed by atoms with Gasteiger partial charge in [-0.25, -0.2) is 4.79 Å². The Kier molecular flexibility index (Phi) is 2.01. The van der Waals surface area contributed by atoms with Gasteiger partial charge in [0.05, 0.1) is 6.20 Å². The standard InChI is InChI=1S/C7H6N4O2S/c1-11-6(5-3-14-10-9-5)4(2-8-11)7(12)13/h2-3H,1H3,(H,12,13). The molecule has 0 fully saturated rings. The van der Waals surface area contributed by atoms with Crippen molar-refractivity contribution in [2.24, 2.45) is 7.05 Å². The topological polar surface area (TPSA) is 80.9 Å². The molecule has 0 atom stereocenters. The van der Waals surface area contributed by atoms with Crippen molar-refractivity contribution < 1.29 is 9.90 Å². The van der Waals surface area contributed by atoms with E-state index in [0.717, 1.165) is 0 Å². The molecule has 2 aromatic heterocycles. The molecule has 2 heterocycles. The first-order chi connectivity index (χ1) is 6.70. The van der Waals surface area contributed by atoms with Crippen LogP contribution in [0.3, 0.4) is 0 Å². The Balaban J connectivity index is 2.62. The lowest BCUT2D eigenvalue weighted by Gasteiger charge is -1.97. The van der Waals surface area contributed by atoms with Crippen LogP contribution in [0.25, 0.3) is 11.4 Å². The van der Waals surface area contributed by atoms with Crippen LogP contribution in [0, 0.1) is 0 Å². The molecular formula is C7H6N4O2S. The number of carboxylic acid groups (broad SMARTS) is 1. The van der Waals surface area contributed by atoms with E-state index < -0.39 is 5.97 Å². The highest BCUT2D eigenvalue weighted by Gasteiger charge is 2.18. The minimum absolute atomic E-state index is 0.139. The van der Waals surface area contributed by atoms with Gasteiger partial charge in [0.1, 0.15) is 17.0 Å². The molecule has 0 aliphatic carbocycles. The van der Waals surface area contributed by atoms with Crippen LogP contribution >= 0.6 is 11.5 Å². The maximum absolute atomic E-state index is 10.8. The van der Waals surface area contributed by atoms with Crippen molar-refractivity contribution in [3.8, 4) is 11.4 Å². The highest BCUT2D eigenvalue weighted by Crippen LogP contribution is 2.21. The van der Waals surface area contributed by atoms with Gasteiger partial charge in [-0.15, -0.1) is 5.10 Å². The minimum Gasteiger partial charge on any atom is -0.478 e. The van der Waals surface area contributed by atoms with Gasteiger partial charge in [0.15, 0.2) is 0 Å². The maximum Gasteiger partial charge on any atom is 0.339 e. The van der Waals surface area contributed by atoms with Crippen molar-refractivity contribution in [1.29, 1.82) is 0 Å². The van der Waals surface area contributed by atoms with E-state index in [1.54, 1.807) is 12.4 Å². The molecule has 1 N–H and O–H groups in total. The molecule has 0 saturated carbocycles. The van der Waals surface area contributed by atoms with Crippen molar-refractivity contribution in [1.82, 2.24) is 19.4 Å². The minimum atomic E-state index is -1.01. The second-order valence-electron chi connectivity index (χ2n) is 2.63. The summed E-state index contributed by atoms with van der Waals surface area (Å²) in [6.07, 6.45) is 1.30. The molecule has 72 valence electrons. The van der Waals surface area contributed by atoms with Crippen molar-refractivity contribution in [3.63, 3.8) is 0 Å². The second kappa shape index (κ2) is 3.18. The summed E-state index contributed by atoms with van der Waals surface area (Å²) in [5, 5.41) is 18.2. The molecule has 0 aliphatic heterocycles. The van der Waals surface area contributed by atoms with Gasteiger partial charge in [-0.05, 0) is 11.5 Å². The van der Waals surface area contributed by atoms with Crippen LogP contribution < -0.4 is 0 Å². The maximum atomic E-state index is 10.8. The third-order valence-corrected chi connectivity index (χ3v) is 2.28. The average molecular weight is 210 g/mol. The molecule has 2 rings (SSSR count). The summed E-state index contributed by atoms with van der Waals surface area (Å²) in [7, 11) is 1.67. The summed E-state index contributed by atoms with van der Waals surface area (Å²) in [5.74, 6) is -1.01. The number of rotatable bonds is 2. The van der Waals surface area contributed by atoms with Crippen LogP contribution in [-0.4, -0.2) is 30.4 Å². The van der Waals surface area contributed by atoms with Gasteiger partial charge in [0.2, 0.25) is 0 Å². The largest absolute Gasteiger partial charge is 0.478 e. The van der Waals surface area contributed by atoms with E-state index in [1.807, 2.05) is 0 Å². The van der Waals surface area contributed by atoms with Crippen molar-refractivity contribution in [3.05, 3.63) is 17.1 Å². The number of aromatic nitrogens is 4. The molecule has 14 heavy (non-hydrogen) atoms. The molecule has 0 spiro atoms. The fourth-order valence-corrected chi connectivity index (χ4v) is 1.61. The summed E-state index contributed by atoms with van der Waals surface area (Å²) >= 11 is 1.17. The number of carbonyl (C=O) groups is 1. The Labute approximate surface area is 83.0 Å². The van der Waals surface area contributed by atoms with Crippen LogP contribution in [-0.2, 0) is 7.05 Å². The monoisotopic (exact) mass is 210 g/mol. The number of hydrogen-bond donors (Lipinski definition) is 1. The number of carboxylic acids is 1. The van der Waals surface area contributed by atoms with Gasteiger partial charge >= 0.3 is 5.97 Å². The first-order valence-electron chi connectivity index (χ1n) is 3.73. The highest BCUT2D eigenvalue weighted by atomic mass is 32.1. The Hall–Kier alpha value is -1.76. The second-order valence-corrected chi connectivity index (χ2v) is 3.24. The lowest BCUT2D eigenvalue weighted by atomic mass is 10.2. The van der Waals surface area contributed by atoms with Gasteiger partial charge in [0.25, 0.3) is 0 Å². The Morgan fingerprint density at radius 3 is 3.00 bits per heavy atom. The van der Waals surface area contributed by atoms with Gasteiger partial charge in [-0.2, -0.15) is 5.10 Å². The van der Waals surface area contributed by atoms with E-state index in [4.69, 9.17) is 5.11 Å². The normalized spacial score (nSPS) is 10.4. The van der Waals surface area contributed by atoms with Crippen LogP contribution in [0.4, 0.5) is 0 Å². The first-order valence-corrected chi connectivity index (χ1v) is 4.56. The molecule has 0 bridgehead atoms. The third kappa shape index (κ3) is 1.27. The molecule has 0 aromatic carbocycles. The van der Waals surface area contributed by atoms with Crippen LogP contribution in [0.15, 0.2) is 11.6 Å². The molecule has 0 aliphatic rings. The fraction of sp³-hybridized carbons (Fsp3) is 0.143. The molecule has 6 nitrogen and oxygen atoms in total. The van der Waals surface area contributed by atoms with E-state index in [-0.39, 0.29) is 5.56 Å².